The lowest BCUT2D eigenvalue weighted by atomic mass is 10.1. The Morgan fingerprint density at radius 3 is 2.57 bits per heavy atom. The van der Waals surface area contributed by atoms with Crippen molar-refractivity contribution >= 4 is 16.9 Å². The molecule has 1 saturated heterocycles. The molecule has 0 spiro atoms. The number of carbonyl (C=O) groups excluding carboxylic acids is 1. The van der Waals surface area contributed by atoms with Gasteiger partial charge in [-0.1, -0.05) is 0 Å². The summed E-state index contributed by atoms with van der Waals surface area (Å²) in [5.41, 5.74) is 1.53. The first-order valence-electron chi connectivity index (χ1n) is 8.00. The van der Waals surface area contributed by atoms with Crippen LogP contribution < -0.4 is 5.43 Å². The minimum Gasteiger partial charge on any atom is -0.336 e. The number of piperazine rings is 1. The molecular weight excluding hydrogens is 292 g/mol. The summed E-state index contributed by atoms with van der Waals surface area (Å²) in [7, 11) is 2.04. The van der Waals surface area contributed by atoms with Crippen molar-refractivity contribution in [3.05, 3.63) is 39.8 Å². The highest BCUT2D eigenvalue weighted by atomic mass is 16.2. The van der Waals surface area contributed by atoms with Gasteiger partial charge in [-0.25, -0.2) is 4.98 Å². The maximum Gasteiger partial charge on any atom is 0.259 e. The third kappa shape index (κ3) is 2.86. The Hall–Kier alpha value is -2.21. The number of nitrogens with zero attached hydrogens (tertiary/aromatic N) is 4. The van der Waals surface area contributed by atoms with Gasteiger partial charge in [-0.05, 0) is 33.0 Å². The molecule has 0 bridgehead atoms. The number of rotatable bonds is 2. The number of fused-ring (bicyclic) bond motifs is 1. The average molecular weight is 314 g/mol. The minimum absolute atomic E-state index is 0.173. The quantitative estimate of drug-likeness (QED) is 0.833. The van der Waals surface area contributed by atoms with Gasteiger partial charge in [0.05, 0.1) is 5.39 Å². The van der Waals surface area contributed by atoms with Crippen LogP contribution in [-0.4, -0.2) is 58.5 Å². The van der Waals surface area contributed by atoms with Crippen LogP contribution in [0.3, 0.4) is 0 Å². The number of aromatic nitrogens is 2. The summed E-state index contributed by atoms with van der Waals surface area (Å²) in [6.07, 6.45) is 1.66. The van der Waals surface area contributed by atoms with Crippen molar-refractivity contribution in [2.45, 2.75) is 20.4 Å². The molecule has 1 amide bonds. The highest BCUT2D eigenvalue weighted by Crippen LogP contribution is 2.13. The molecule has 0 atom stereocenters. The third-order valence-corrected chi connectivity index (χ3v) is 4.42. The molecule has 6 nitrogen and oxygen atoms in total. The maximum atomic E-state index is 12.8. The Morgan fingerprint density at radius 1 is 1.22 bits per heavy atom. The van der Waals surface area contributed by atoms with Crippen molar-refractivity contribution in [3.8, 4) is 0 Å². The Labute approximate surface area is 135 Å². The van der Waals surface area contributed by atoms with Gasteiger partial charge < -0.3 is 14.4 Å². The van der Waals surface area contributed by atoms with Gasteiger partial charge in [0.15, 0.2) is 0 Å². The first-order chi connectivity index (χ1) is 11.0. The van der Waals surface area contributed by atoms with E-state index in [0.717, 1.165) is 18.8 Å². The van der Waals surface area contributed by atoms with E-state index in [1.54, 1.807) is 17.2 Å². The van der Waals surface area contributed by atoms with Crippen molar-refractivity contribution in [2.75, 3.05) is 33.2 Å². The normalized spacial score (nSPS) is 16.0. The molecule has 2 aromatic rings. The van der Waals surface area contributed by atoms with E-state index in [0.29, 0.717) is 30.7 Å². The Balaban J connectivity index is 2.07. The standard InChI is InChI=1S/C17H22N4O2/c1-4-20-11-14(17(23)21-9-7-19(3)8-10-21)15(22)13-6-5-12(2)18-16(13)20/h5-6,11H,4,7-10H2,1-3H3. The fourth-order valence-electron chi connectivity index (χ4n) is 2.93. The molecule has 3 rings (SSSR count). The van der Waals surface area contributed by atoms with Crippen LogP contribution in [0.15, 0.2) is 23.1 Å². The fourth-order valence-corrected chi connectivity index (χ4v) is 2.93. The van der Waals surface area contributed by atoms with E-state index in [9.17, 15) is 9.59 Å². The van der Waals surface area contributed by atoms with E-state index < -0.39 is 0 Å². The average Bonchev–Trinajstić information content (AvgIpc) is 2.55. The number of pyridine rings is 2. The van der Waals surface area contributed by atoms with Crippen LogP contribution in [0, 0.1) is 6.92 Å². The van der Waals surface area contributed by atoms with Crippen LogP contribution in [0.1, 0.15) is 23.0 Å². The lowest BCUT2D eigenvalue weighted by Crippen LogP contribution is -2.48. The van der Waals surface area contributed by atoms with Gasteiger partial charge in [0.1, 0.15) is 11.2 Å². The second kappa shape index (κ2) is 6.12. The van der Waals surface area contributed by atoms with Crippen molar-refractivity contribution in [2.24, 2.45) is 0 Å². The number of aryl methyl sites for hydroxylation is 2. The molecule has 2 aromatic heterocycles. The van der Waals surface area contributed by atoms with Crippen molar-refractivity contribution in [1.82, 2.24) is 19.4 Å². The van der Waals surface area contributed by atoms with Gasteiger partial charge in [-0.3, -0.25) is 9.59 Å². The zero-order valence-corrected chi connectivity index (χ0v) is 13.9. The lowest BCUT2D eigenvalue weighted by Gasteiger charge is -2.32. The molecule has 0 N–H and O–H groups in total. The van der Waals surface area contributed by atoms with Gasteiger partial charge in [-0.2, -0.15) is 0 Å². The number of amides is 1. The summed E-state index contributed by atoms with van der Waals surface area (Å²) in [6, 6.07) is 3.58. The summed E-state index contributed by atoms with van der Waals surface area (Å²) in [5, 5.41) is 0.512. The molecule has 3 heterocycles. The molecule has 0 unspecified atom stereocenters. The van der Waals surface area contributed by atoms with Gasteiger partial charge >= 0.3 is 0 Å². The van der Waals surface area contributed by atoms with E-state index in [2.05, 4.69) is 9.88 Å². The molecule has 1 fully saturated rings. The van der Waals surface area contributed by atoms with Crippen LogP contribution >= 0.6 is 0 Å². The third-order valence-electron chi connectivity index (χ3n) is 4.42. The zero-order chi connectivity index (χ0) is 16.6. The fraction of sp³-hybridized carbons (Fsp3) is 0.471. The highest BCUT2D eigenvalue weighted by Gasteiger charge is 2.24. The SMILES string of the molecule is CCn1cc(C(=O)N2CCN(C)CC2)c(=O)c2ccc(C)nc21. The molecule has 1 aliphatic heterocycles. The van der Waals surface area contributed by atoms with Gasteiger partial charge in [-0.15, -0.1) is 0 Å². The molecule has 0 radical (unpaired) electrons. The summed E-state index contributed by atoms with van der Waals surface area (Å²) in [5.74, 6) is -0.173. The summed E-state index contributed by atoms with van der Waals surface area (Å²) < 4.78 is 1.88. The molecule has 23 heavy (non-hydrogen) atoms. The summed E-state index contributed by atoms with van der Waals surface area (Å²) in [4.78, 5) is 33.9. The van der Waals surface area contributed by atoms with E-state index in [4.69, 9.17) is 0 Å². The molecule has 6 heteroatoms. The highest BCUT2D eigenvalue weighted by molar-refractivity contribution is 5.97. The number of hydrogen-bond donors (Lipinski definition) is 0. The van der Waals surface area contributed by atoms with Crippen molar-refractivity contribution in [3.63, 3.8) is 0 Å². The van der Waals surface area contributed by atoms with Gasteiger partial charge in [0.25, 0.3) is 5.91 Å². The largest absolute Gasteiger partial charge is 0.336 e. The molecule has 122 valence electrons. The van der Waals surface area contributed by atoms with Gasteiger partial charge in [0, 0.05) is 44.6 Å². The van der Waals surface area contributed by atoms with Crippen LogP contribution in [0.4, 0.5) is 0 Å². The molecule has 0 aromatic carbocycles. The monoisotopic (exact) mass is 314 g/mol. The Morgan fingerprint density at radius 2 is 1.91 bits per heavy atom. The second-order valence-electron chi connectivity index (χ2n) is 6.08. The smallest absolute Gasteiger partial charge is 0.259 e. The Kier molecular flexibility index (Phi) is 4.17. The van der Waals surface area contributed by atoms with E-state index >= 15 is 0 Å². The van der Waals surface area contributed by atoms with Gasteiger partial charge in [0.2, 0.25) is 5.43 Å². The molecular formula is C17H22N4O2. The van der Waals surface area contributed by atoms with Crippen molar-refractivity contribution in [1.29, 1.82) is 0 Å². The first-order valence-corrected chi connectivity index (χ1v) is 8.00. The van der Waals surface area contributed by atoms with E-state index in [1.807, 2.05) is 31.5 Å². The summed E-state index contributed by atoms with van der Waals surface area (Å²) in [6.45, 7) is 7.53. The molecule has 1 aliphatic rings. The van der Waals surface area contributed by atoms with E-state index in [1.165, 1.54) is 0 Å². The Bertz CT molecular complexity index is 804. The van der Waals surface area contributed by atoms with E-state index in [-0.39, 0.29) is 16.9 Å². The molecule has 0 aliphatic carbocycles. The second-order valence-corrected chi connectivity index (χ2v) is 6.08. The number of hydrogen-bond acceptors (Lipinski definition) is 4. The predicted molar refractivity (Wildman–Crippen MR) is 89.8 cm³/mol. The van der Waals surface area contributed by atoms with Crippen LogP contribution in [0.25, 0.3) is 11.0 Å². The van der Waals surface area contributed by atoms with Crippen LogP contribution in [0.2, 0.25) is 0 Å². The predicted octanol–water partition coefficient (Wildman–Crippen LogP) is 1.11. The minimum atomic E-state index is -0.221. The number of likely N-dealkylation sites (N-methyl/N-ethyl adjacent to an activating group) is 1. The maximum absolute atomic E-state index is 12.8. The van der Waals surface area contributed by atoms with Crippen LogP contribution in [-0.2, 0) is 6.54 Å². The first kappa shape index (κ1) is 15.7. The summed E-state index contributed by atoms with van der Waals surface area (Å²) >= 11 is 0. The number of carbonyl (C=O) groups is 1. The van der Waals surface area contributed by atoms with Crippen molar-refractivity contribution < 1.29 is 4.79 Å². The van der Waals surface area contributed by atoms with Crippen LogP contribution in [0.5, 0.6) is 0 Å². The topological polar surface area (TPSA) is 58.4 Å². The lowest BCUT2D eigenvalue weighted by molar-refractivity contribution is 0.0662. The zero-order valence-electron chi connectivity index (χ0n) is 13.9. The molecule has 0 saturated carbocycles.